The van der Waals surface area contributed by atoms with E-state index in [1.165, 1.54) is 0 Å². The largest absolute Gasteiger partial charge is 0.379 e. The van der Waals surface area contributed by atoms with Gasteiger partial charge in [-0.1, -0.05) is 13.3 Å². The predicted octanol–water partition coefficient (Wildman–Crippen LogP) is 2.46. The van der Waals surface area contributed by atoms with Crippen molar-refractivity contribution in [1.82, 2.24) is 5.32 Å². The molecular formula is C15H32N2O2. The molecule has 0 bridgehead atoms. The molecule has 0 aliphatic heterocycles. The van der Waals surface area contributed by atoms with Gasteiger partial charge in [-0.2, -0.15) is 0 Å². The van der Waals surface area contributed by atoms with Crippen LogP contribution in [-0.4, -0.2) is 31.7 Å². The van der Waals surface area contributed by atoms with Crippen molar-refractivity contribution in [3.05, 3.63) is 0 Å². The molecule has 0 saturated carbocycles. The van der Waals surface area contributed by atoms with E-state index in [0.29, 0.717) is 18.4 Å². The monoisotopic (exact) mass is 272 g/mol. The van der Waals surface area contributed by atoms with Crippen LogP contribution in [0, 0.1) is 5.92 Å². The molecule has 0 aliphatic rings. The topological polar surface area (TPSA) is 64.4 Å². The van der Waals surface area contributed by atoms with E-state index in [1.807, 2.05) is 13.8 Å². The molecule has 0 spiro atoms. The second kappa shape index (κ2) is 12.4. The molecule has 0 aliphatic carbocycles. The fraction of sp³-hybridized carbons (Fsp3) is 0.933. The van der Waals surface area contributed by atoms with Crippen molar-refractivity contribution in [2.75, 3.05) is 19.7 Å². The first-order valence-corrected chi connectivity index (χ1v) is 7.68. The number of hydrogen-bond donors (Lipinski definition) is 2. The fourth-order valence-electron chi connectivity index (χ4n) is 1.99. The van der Waals surface area contributed by atoms with Gasteiger partial charge in [-0.15, -0.1) is 0 Å². The number of amides is 1. The number of hydrogen-bond acceptors (Lipinski definition) is 3. The zero-order chi connectivity index (χ0) is 14.5. The number of ether oxygens (including phenoxy) is 1. The summed E-state index contributed by atoms with van der Waals surface area (Å²) in [5, 5.41) is 2.97. The van der Waals surface area contributed by atoms with E-state index in [9.17, 15) is 4.79 Å². The van der Waals surface area contributed by atoms with Crippen molar-refractivity contribution in [2.45, 2.75) is 65.4 Å². The number of carbonyl (C=O) groups is 1. The second-order valence-corrected chi connectivity index (χ2v) is 5.37. The number of nitrogens with two attached hydrogens (primary N) is 1. The zero-order valence-corrected chi connectivity index (χ0v) is 12.9. The summed E-state index contributed by atoms with van der Waals surface area (Å²) in [7, 11) is 0. The molecule has 4 heteroatoms. The molecule has 114 valence electrons. The van der Waals surface area contributed by atoms with Crippen LogP contribution in [0.3, 0.4) is 0 Å². The molecule has 0 aromatic carbocycles. The molecular weight excluding hydrogens is 240 g/mol. The molecule has 4 nitrogen and oxygen atoms in total. The van der Waals surface area contributed by atoms with Crippen molar-refractivity contribution in [3.8, 4) is 0 Å². The predicted molar refractivity (Wildman–Crippen MR) is 80.0 cm³/mol. The molecule has 0 aromatic heterocycles. The third-order valence-electron chi connectivity index (χ3n) is 3.28. The van der Waals surface area contributed by atoms with Crippen LogP contribution in [0.2, 0.25) is 0 Å². The Hall–Kier alpha value is -0.610. The molecule has 19 heavy (non-hydrogen) atoms. The number of unbranched alkanes of at least 4 members (excludes halogenated alkanes) is 1. The molecule has 3 N–H and O–H groups in total. The lowest BCUT2D eigenvalue weighted by Crippen LogP contribution is -2.25. The molecule has 1 unspecified atom stereocenters. The van der Waals surface area contributed by atoms with Gasteiger partial charge in [0, 0.05) is 19.6 Å². The smallest absolute Gasteiger partial charge is 0.220 e. The summed E-state index contributed by atoms with van der Waals surface area (Å²) in [5.74, 6) is 0.760. The van der Waals surface area contributed by atoms with E-state index in [0.717, 1.165) is 51.8 Å². The molecule has 0 radical (unpaired) electrons. The van der Waals surface area contributed by atoms with Gasteiger partial charge in [-0.3, -0.25) is 4.79 Å². The lowest BCUT2D eigenvalue weighted by molar-refractivity contribution is -0.121. The number of rotatable bonds is 12. The highest BCUT2D eigenvalue weighted by atomic mass is 16.5. The molecule has 0 saturated heterocycles. The average molecular weight is 272 g/mol. The summed E-state index contributed by atoms with van der Waals surface area (Å²) in [5.41, 5.74) is 5.55. The van der Waals surface area contributed by atoms with Gasteiger partial charge >= 0.3 is 0 Å². The van der Waals surface area contributed by atoms with Crippen molar-refractivity contribution < 1.29 is 9.53 Å². The Morgan fingerprint density at radius 1 is 1.26 bits per heavy atom. The summed E-state index contributed by atoms with van der Waals surface area (Å²) >= 11 is 0. The minimum Gasteiger partial charge on any atom is -0.379 e. The Morgan fingerprint density at radius 2 is 2.00 bits per heavy atom. The van der Waals surface area contributed by atoms with Gasteiger partial charge in [0.25, 0.3) is 0 Å². The summed E-state index contributed by atoms with van der Waals surface area (Å²) in [6.07, 6.45) is 5.99. The van der Waals surface area contributed by atoms with Gasteiger partial charge in [-0.25, -0.2) is 0 Å². The Balaban J connectivity index is 3.43. The molecule has 0 aromatic rings. The van der Waals surface area contributed by atoms with Gasteiger partial charge in [0.05, 0.1) is 6.10 Å². The van der Waals surface area contributed by atoms with Crippen LogP contribution in [-0.2, 0) is 9.53 Å². The van der Waals surface area contributed by atoms with Crippen molar-refractivity contribution in [2.24, 2.45) is 11.7 Å². The molecule has 0 heterocycles. The Morgan fingerprint density at radius 3 is 2.58 bits per heavy atom. The van der Waals surface area contributed by atoms with E-state index in [4.69, 9.17) is 10.5 Å². The Labute approximate surface area is 118 Å². The van der Waals surface area contributed by atoms with Gasteiger partial charge in [0.1, 0.15) is 0 Å². The maximum atomic E-state index is 11.6. The molecule has 1 atom stereocenters. The zero-order valence-electron chi connectivity index (χ0n) is 12.9. The van der Waals surface area contributed by atoms with Crippen LogP contribution in [0.5, 0.6) is 0 Å². The fourth-order valence-corrected chi connectivity index (χ4v) is 1.99. The maximum absolute atomic E-state index is 11.6. The number of nitrogens with one attached hydrogen (secondary N) is 1. The van der Waals surface area contributed by atoms with Gasteiger partial charge in [0.2, 0.25) is 5.91 Å². The summed E-state index contributed by atoms with van der Waals surface area (Å²) in [6, 6.07) is 0. The minimum absolute atomic E-state index is 0.167. The maximum Gasteiger partial charge on any atom is 0.220 e. The van der Waals surface area contributed by atoms with Gasteiger partial charge in [-0.05, 0) is 52.0 Å². The van der Waals surface area contributed by atoms with Gasteiger partial charge < -0.3 is 15.8 Å². The van der Waals surface area contributed by atoms with Crippen molar-refractivity contribution >= 4 is 5.91 Å². The third kappa shape index (κ3) is 12.2. The van der Waals surface area contributed by atoms with Crippen LogP contribution < -0.4 is 11.1 Å². The first kappa shape index (κ1) is 18.4. The van der Waals surface area contributed by atoms with Crippen LogP contribution in [0.25, 0.3) is 0 Å². The minimum atomic E-state index is 0.167. The summed E-state index contributed by atoms with van der Waals surface area (Å²) in [4.78, 5) is 11.6. The van der Waals surface area contributed by atoms with Gasteiger partial charge in [0.15, 0.2) is 0 Å². The number of carbonyl (C=O) groups excluding carboxylic acids is 1. The molecule has 0 fully saturated rings. The lowest BCUT2D eigenvalue weighted by Gasteiger charge is -2.13. The first-order valence-electron chi connectivity index (χ1n) is 7.68. The van der Waals surface area contributed by atoms with Crippen molar-refractivity contribution in [1.29, 1.82) is 0 Å². The average Bonchev–Trinajstić information content (AvgIpc) is 2.38. The van der Waals surface area contributed by atoms with Crippen LogP contribution in [0.15, 0.2) is 0 Å². The standard InChI is InChI=1S/C15H32N2O2/c1-4-14(9-10-16)7-8-15(18)17-11-5-6-12-19-13(2)3/h13-14H,4-12,16H2,1-3H3,(H,17,18). The molecule has 1 amide bonds. The van der Waals surface area contributed by atoms with Crippen LogP contribution in [0.1, 0.15) is 59.3 Å². The highest BCUT2D eigenvalue weighted by Gasteiger charge is 2.08. The highest BCUT2D eigenvalue weighted by Crippen LogP contribution is 2.14. The first-order chi connectivity index (χ1) is 9.10. The summed E-state index contributed by atoms with van der Waals surface area (Å²) in [6.45, 7) is 8.49. The Kier molecular flexibility index (Phi) is 12.0. The third-order valence-corrected chi connectivity index (χ3v) is 3.28. The van der Waals surface area contributed by atoms with E-state index in [2.05, 4.69) is 12.2 Å². The van der Waals surface area contributed by atoms with E-state index >= 15 is 0 Å². The van der Waals surface area contributed by atoms with E-state index in [1.54, 1.807) is 0 Å². The van der Waals surface area contributed by atoms with Crippen LogP contribution in [0.4, 0.5) is 0 Å². The normalized spacial score (nSPS) is 12.7. The van der Waals surface area contributed by atoms with Crippen LogP contribution >= 0.6 is 0 Å². The molecule has 0 rings (SSSR count). The van der Waals surface area contributed by atoms with E-state index < -0.39 is 0 Å². The summed E-state index contributed by atoms with van der Waals surface area (Å²) < 4.78 is 5.44. The SMILES string of the molecule is CCC(CCN)CCC(=O)NCCCCOC(C)C. The second-order valence-electron chi connectivity index (χ2n) is 5.37. The van der Waals surface area contributed by atoms with Crippen molar-refractivity contribution in [3.63, 3.8) is 0 Å². The highest BCUT2D eigenvalue weighted by molar-refractivity contribution is 5.75. The van der Waals surface area contributed by atoms with E-state index in [-0.39, 0.29) is 5.91 Å². The quantitative estimate of drug-likeness (QED) is 0.536. The Bertz CT molecular complexity index is 220. The lowest BCUT2D eigenvalue weighted by atomic mass is 9.96.